The summed E-state index contributed by atoms with van der Waals surface area (Å²) in [6.07, 6.45) is 1.26. The van der Waals surface area contributed by atoms with Crippen molar-refractivity contribution in [3.05, 3.63) is 77.8 Å². The Balaban J connectivity index is 1.56. The van der Waals surface area contributed by atoms with Crippen LogP contribution in [0.5, 0.6) is 0 Å². The van der Waals surface area contributed by atoms with Gasteiger partial charge in [-0.1, -0.05) is 6.07 Å². The van der Waals surface area contributed by atoms with Crippen LogP contribution >= 0.6 is 0 Å². The molecule has 0 spiro atoms. The van der Waals surface area contributed by atoms with Crippen LogP contribution in [0.2, 0.25) is 0 Å². The number of sulfonamides is 1. The zero-order valence-electron chi connectivity index (χ0n) is 17.0. The van der Waals surface area contributed by atoms with Crippen LogP contribution in [0, 0.1) is 5.82 Å². The summed E-state index contributed by atoms with van der Waals surface area (Å²) in [5.74, 6) is -2.04. The van der Waals surface area contributed by atoms with Crippen molar-refractivity contribution < 1.29 is 31.6 Å². The lowest BCUT2D eigenvalue weighted by atomic mass is 10.2. The summed E-state index contributed by atoms with van der Waals surface area (Å²) >= 11 is 0. The molecule has 1 aromatic heterocycles. The summed E-state index contributed by atoms with van der Waals surface area (Å²) in [6.45, 7) is 1.09. The zero-order chi connectivity index (χ0) is 23.8. The number of carbonyl (C=O) groups is 3. The molecule has 0 saturated carbocycles. The van der Waals surface area contributed by atoms with Crippen molar-refractivity contribution in [2.75, 3.05) is 5.01 Å². The number of carbonyl (C=O) groups excluding carboxylic acids is 3. The van der Waals surface area contributed by atoms with Crippen molar-refractivity contribution in [1.29, 1.82) is 0 Å². The second-order valence-electron chi connectivity index (χ2n) is 7.01. The Morgan fingerprint density at radius 3 is 2.48 bits per heavy atom. The Morgan fingerprint density at radius 1 is 1.09 bits per heavy atom. The van der Waals surface area contributed by atoms with Gasteiger partial charge in [0, 0.05) is 12.5 Å². The molecule has 0 radical (unpaired) electrons. The van der Waals surface area contributed by atoms with Gasteiger partial charge < -0.3 is 4.42 Å². The molecule has 9 nitrogen and oxygen atoms in total. The lowest BCUT2D eigenvalue weighted by Gasteiger charge is -2.14. The van der Waals surface area contributed by atoms with Gasteiger partial charge in [-0.25, -0.2) is 22.5 Å². The number of amides is 3. The van der Waals surface area contributed by atoms with Crippen LogP contribution in [-0.2, 0) is 24.4 Å². The third-order valence-electron chi connectivity index (χ3n) is 4.60. The smallest absolute Gasteiger partial charge is 0.282 e. The van der Waals surface area contributed by atoms with Crippen molar-refractivity contribution >= 4 is 39.5 Å². The Bertz CT molecular complexity index is 1410. The van der Waals surface area contributed by atoms with Crippen molar-refractivity contribution in [3.63, 3.8) is 0 Å². The number of nitrogens with zero attached hydrogens (tertiary/aromatic N) is 1. The Morgan fingerprint density at radius 2 is 1.82 bits per heavy atom. The molecule has 33 heavy (non-hydrogen) atoms. The highest BCUT2D eigenvalue weighted by atomic mass is 32.2. The Kier molecular flexibility index (Phi) is 5.56. The van der Waals surface area contributed by atoms with E-state index in [1.807, 2.05) is 4.72 Å². The maximum Gasteiger partial charge on any atom is 0.282 e. The van der Waals surface area contributed by atoms with Crippen LogP contribution < -0.4 is 15.2 Å². The van der Waals surface area contributed by atoms with Crippen molar-refractivity contribution in [3.8, 4) is 11.3 Å². The summed E-state index contributed by atoms with van der Waals surface area (Å²) < 4.78 is 45.1. The molecule has 1 fully saturated rings. The van der Waals surface area contributed by atoms with Gasteiger partial charge >= 0.3 is 0 Å². The molecule has 2 N–H and O–H groups in total. The van der Waals surface area contributed by atoms with Gasteiger partial charge in [-0.3, -0.25) is 19.8 Å². The topological polar surface area (TPSA) is 126 Å². The van der Waals surface area contributed by atoms with Crippen LogP contribution in [0.25, 0.3) is 17.4 Å². The van der Waals surface area contributed by atoms with Crippen LogP contribution in [-0.4, -0.2) is 26.1 Å². The van der Waals surface area contributed by atoms with Gasteiger partial charge in [-0.2, -0.15) is 0 Å². The molecule has 0 unspecified atom stereocenters. The van der Waals surface area contributed by atoms with Gasteiger partial charge in [0.25, 0.3) is 21.8 Å². The van der Waals surface area contributed by atoms with Crippen LogP contribution in [0.15, 0.2) is 75.5 Å². The molecule has 0 atom stereocenters. The summed E-state index contributed by atoms with van der Waals surface area (Å²) in [7, 11) is -3.96. The monoisotopic (exact) mass is 469 g/mol. The van der Waals surface area contributed by atoms with Crippen LogP contribution in [0.1, 0.15) is 12.7 Å². The van der Waals surface area contributed by atoms with E-state index in [0.717, 1.165) is 18.0 Å². The van der Waals surface area contributed by atoms with Crippen molar-refractivity contribution in [1.82, 2.24) is 10.1 Å². The molecular formula is C22H16FN3O6S. The standard InChI is InChI=1S/C22H16FN3O6S/c1-13(27)25-33(30,31)18-8-5-14(6-9-18)20-10-7-17(32-20)12-19-21(28)24-26(22(19)29)16-4-2-3-15(23)11-16/h2-12H,1H3,(H,24,28)(H,25,27)/b19-12-. The number of hydrogen-bond donors (Lipinski definition) is 2. The molecule has 2 heterocycles. The molecule has 4 rings (SSSR count). The minimum Gasteiger partial charge on any atom is -0.457 e. The van der Waals surface area contributed by atoms with Crippen LogP contribution in [0.4, 0.5) is 10.1 Å². The van der Waals surface area contributed by atoms with Gasteiger partial charge in [-0.05, 0) is 60.7 Å². The second kappa shape index (κ2) is 8.36. The van der Waals surface area contributed by atoms with Gasteiger partial charge in [0.1, 0.15) is 22.9 Å². The lowest BCUT2D eigenvalue weighted by molar-refractivity contribution is -0.118. The number of halogens is 1. The number of benzene rings is 2. The number of furan rings is 1. The van der Waals surface area contributed by atoms with E-state index in [2.05, 4.69) is 5.43 Å². The van der Waals surface area contributed by atoms with E-state index in [-0.39, 0.29) is 21.9 Å². The van der Waals surface area contributed by atoms with E-state index in [1.54, 1.807) is 6.07 Å². The quantitative estimate of drug-likeness (QED) is 0.437. The van der Waals surface area contributed by atoms with E-state index in [9.17, 15) is 27.2 Å². The van der Waals surface area contributed by atoms with E-state index in [4.69, 9.17) is 4.42 Å². The van der Waals surface area contributed by atoms with Gasteiger partial charge in [-0.15, -0.1) is 0 Å². The van der Waals surface area contributed by atoms with Gasteiger partial charge in [0.05, 0.1) is 10.6 Å². The predicted molar refractivity (Wildman–Crippen MR) is 115 cm³/mol. The average Bonchev–Trinajstić information content (AvgIpc) is 3.33. The first-order valence-electron chi connectivity index (χ1n) is 9.50. The molecule has 0 aliphatic carbocycles. The SMILES string of the molecule is CC(=O)NS(=O)(=O)c1ccc(-c2ccc(/C=C3/C(=O)NN(c4cccc(F)c4)C3=O)o2)cc1. The highest BCUT2D eigenvalue weighted by Crippen LogP contribution is 2.27. The summed E-state index contributed by atoms with van der Waals surface area (Å²) in [6, 6.07) is 13.9. The first-order valence-corrected chi connectivity index (χ1v) is 11.0. The fourth-order valence-electron chi connectivity index (χ4n) is 3.13. The summed E-state index contributed by atoms with van der Waals surface area (Å²) in [5, 5.41) is 0.940. The molecular weight excluding hydrogens is 453 g/mol. The number of hydrazine groups is 1. The molecule has 1 aliphatic rings. The average molecular weight is 469 g/mol. The highest BCUT2D eigenvalue weighted by Gasteiger charge is 2.35. The summed E-state index contributed by atoms with van der Waals surface area (Å²) in [5.41, 5.74) is 2.88. The molecule has 3 aromatic rings. The van der Waals surface area contributed by atoms with Crippen LogP contribution in [0.3, 0.4) is 0 Å². The van der Waals surface area contributed by atoms with Gasteiger partial charge in [0.2, 0.25) is 5.91 Å². The molecule has 168 valence electrons. The molecule has 1 aliphatic heterocycles. The van der Waals surface area contributed by atoms with Crippen molar-refractivity contribution in [2.24, 2.45) is 0 Å². The molecule has 11 heteroatoms. The first-order chi connectivity index (χ1) is 15.6. The second-order valence-corrected chi connectivity index (χ2v) is 8.69. The minimum absolute atomic E-state index is 0.0963. The Labute approximate surface area is 187 Å². The van der Waals surface area contributed by atoms with Gasteiger partial charge in [0.15, 0.2) is 0 Å². The highest BCUT2D eigenvalue weighted by molar-refractivity contribution is 7.90. The summed E-state index contributed by atoms with van der Waals surface area (Å²) in [4.78, 5) is 35.9. The third kappa shape index (κ3) is 4.53. The fourth-order valence-corrected chi connectivity index (χ4v) is 4.12. The van der Waals surface area contributed by atoms with E-state index < -0.39 is 33.6 Å². The molecule has 1 saturated heterocycles. The number of rotatable bonds is 5. The molecule has 2 aromatic carbocycles. The third-order valence-corrected chi connectivity index (χ3v) is 6.05. The minimum atomic E-state index is -3.96. The normalized spacial score (nSPS) is 15.1. The fraction of sp³-hybridized carbons (Fsp3) is 0.0455. The number of hydrogen-bond acceptors (Lipinski definition) is 6. The van der Waals surface area contributed by atoms with Crippen molar-refractivity contribution in [2.45, 2.75) is 11.8 Å². The lowest BCUT2D eigenvalue weighted by Crippen LogP contribution is -2.35. The number of anilines is 1. The molecule has 3 amide bonds. The number of nitrogens with one attached hydrogen (secondary N) is 2. The largest absolute Gasteiger partial charge is 0.457 e. The maximum atomic E-state index is 13.5. The Hall–Kier alpha value is -4.25. The van der Waals surface area contributed by atoms with E-state index >= 15 is 0 Å². The van der Waals surface area contributed by atoms with E-state index in [0.29, 0.717) is 11.3 Å². The predicted octanol–water partition coefficient (Wildman–Crippen LogP) is 2.37. The molecule has 0 bridgehead atoms. The van der Waals surface area contributed by atoms with E-state index in [1.165, 1.54) is 54.6 Å². The maximum absolute atomic E-state index is 13.5. The first kappa shape index (κ1) is 22.0. The zero-order valence-corrected chi connectivity index (χ0v) is 17.9.